The van der Waals surface area contributed by atoms with Crippen LogP contribution in [0.15, 0.2) is 61.2 Å². The van der Waals surface area contributed by atoms with E-state index in [9.17, 15) is 9.18 Å². The van der Waals surface area contributed by atoms with Crippen molar-refractivity contribution in [3.8, 4) is 5.69 Å². The van der Waals surface area contributed by atoms with E-state index >= 15 is 0 Å². The van der Waals surface area contributed by atoms with Gasteiger partial charge >= 0.3 is 0 Å². The first-order valence-corrected chi connectivity index (χ1v) is 10.7. The predicted octanol–water partition coefficient (Wildman–Crippen LogP) is 4.38. The fourth-order valence-electron chi connectivity index (χ4n) is 3.96. The molecule has 0 bridgehead atoms. The second kappa shape index (κ2) is 7.87. The molecule has 2 aromatic carbocycles. The van der Waals surface area contributed by atoms with Gasteiger partial charge in [-0.1, -0.05) is 23.5 Å². The maximum atomic E-state index is 13.5. The minimum Gasteiger partial charge on any atom is -0.357 e. The molecular formula is C22H20FN5OS. The number of fused-ring (bicyclic) bond motifs is 1. The molecule has 0 spiro atoms. The molecule has 1 aliphatic rings. The number of carbonyl (C=O) groups is 1. The smallest absolute Gasteiger partial charge is 0.253 e. The molecule has 2 atom stereocenters. The summed E-state index contributed by atoms with van der Waals surface area (Å²) >= 11 is 1.43. The summed E-state index contributed by atoms with van der Waals surface area (Å²) < 4.78 is 16.1. The Morgan fingerprint density at radius 2 is 2.03 bits per heavy atom. The van der Waals surface area contributed by atoms with Gasteiger partial charge in [-0.15, -0.1) is 0 Å². The summed E-state index contributed by atoms with van der Waals surface area (Å²) in [6.45, 7) is 0. The van der Waals surface area contributed by atoms with E-state index in [0.29, 0.717) is 5.56 Å². The highest BCUT2D eigenvalue weighted by Gasteiger charge is 2.30. The zero-order chi connectivity index (χ0) is 20.5. The average Bonchev–Trinajstić information content (AvgIpc) is 3.49. The molecule has 2 aromatic heterocycles. The number of hydrogen-bond donors (Lipinski definition) is 2. The predicted molar refractivity (Wildman–Crippen MR) is 116 cm³/mol. The molecule has 30 heavy (non-hydrogen) atoms. The number of carbonyl (C=O) groups excluding carboxylic acids is 1. The molecule has 0 unspecified atom stereocenters. The van der Waals surface area contributed by atoms with Crippen LogP contribution in [0.1, 0.15) is 29.6 Å². The second-order valence-electron chi connectivity index (χ2n) is 7.38. The Balaban J connectivity index is 1.33. The maximum Gasteiger partial charge on any atom is 0.253 e. The van der Waals surface area contributed by atoms with E-state index in [1.54, 1.807) is 18.6 Å². The molecule has 1 amide bonds. The highest BCUT2D eigenvalue weighted by atomic mass is 32.1. The number of aromatic nitrogens is 3. The zero-order valence-corrected chi connectivity index (χ0v) is 16.9. The Bertz CT molecular complexity index is 1190. The van der Waals surface area contributed by atoms with Crippen LogP contribution in [0.2, 0.25) is 0 Å². The quantitative estimate of drug-likeness (QED) is 0.502. The molecule has 1 fully saturated rings. The monoisotopic (exact) mass is 421 g/mol. The Labute approximate surface area is 176 Å². The minimum absolute atomic E-state index is 0.00269. The van der Waals surface area contributed by atoms with E-state index in [1.807, 2.05) is 35.0 Å². The van der Waals surface area contributed by atoms with Crippen molar-refractivity contribution in [3.05, 3.63) is 72.6 Å². The number of anilines is 1. The third-order valence-corrected chi connectivity index (χ3v) is 6.37. The van der Waals surface area contributed by atoms with E-state index in [4.69, 9.17) is 0 Å². The third-order valence-electron chi connectivity index (χ3n) is 5.42. The molecule has 1 saturated carbocycles. The molecule has 2 heterocycles. The van der Waals surface area contributed by atoms with Gasteiger partial charge in [0.15, 0.2) is 5.13 Å². The molecular weight excluding hydrogens is 401 g/mol. The summed E-state index contributed by atoms with van der Waals surface area (Å²) in [5.41, 5.74) is 2.18. The van der Waals surface area contributed by atoms with Crippen molar-refractivity contribution in [2.75, 3.05) is 5.32 Å². The number of imidazole rings is 1. The number of nitrogens with zero attached hydrogens (tertiary/aromatic N) is 3. The Morgan fingerprint density at radius 1 is 1.17 bits per heavy atom. The fourth-order valence-corrected chi connectivity index (χ4v) is 4.92. The van der Waals surface area contributed by atoms with Crippen molar-refractivity contribution in [1.29, 1.82) is 0 Å². The van der Waals surface area contributed by atoms with Gasteiger partial charge in [-0.2, -0.15) is 0 Å². The van der Waals surface area contributed by atoms with E-state index in [0.717, 1.165) is 40.3 Å². The second-order valence-corrected chi connectivity index (χ2v) is 8.41. The van der Waals surface area contributed by atoms with Gasteiger partial charge in [0.05, 0.1) is 27.8 Å². The van der Waals surface area contributed by atoms with E-state index < -0.39 is 0 Å². The van der Waals surface area contributed by atoms with Crippen molar-refractivity contribution in [2.24, 2.45) is 0 Å². The molecule has 0 radical (unpaired) electrons. The van der Waals surface area contributed by atoms with Gasteiger partial charge in [-0.05, 0) is 49.6 Å². The lowest BCUT2D eigenvalue weighted by atomic mass is 10.1. The summed E-state index contributed by atoms with van der Waals surface area (Å²) in [6, 6.07) is 12.2. The van der Waals surface area contributed by atoms with Gasteiger partial charge in [0, 0.05) is 24.5 Å². The number of hydrogen-bond acceptors (Lipinski definition) is 5. The molecule has 5 rings (SSSR count). The first-order chi connectivity index (χ1) is 14.7. The van der Waals surface area contributed by atoms with Gasteiger partial charge in [-0.25, -0.2) is 14.4 Å². The molecule has 6 nitrogen and oxygen atoms in total. The van der Waals surface area contributed by atoms with Crippen molar-refractivity contribution >= 4 is 32.6 Å². The molecule has 1 aliphatic carbocycles. The van der Waals surface area contributed by atoms with E-state index in [2.05, 4.69) is 20.6 Å². The lowest BCUT2D eigenvalue weighted by Crippen LogP contribution is -2.43. The minimum atomic E-state index is -0.264. The van der Waals surface area contributed by atoms with Gasteiger partial charge < -0.3 is 15.2 Å². The van der Waals surface area contributed by atoms with Crippen LogP contribution in [-0.2, 0) is 0 Å². The normalized spacial score (nSPS) is 18.6. The number of rotatable bonds is 5. The number of halogens is 1. The van der Waals surface area contributed by atoms with Crippen LogP contribution in [0, 0.1) is 5.82 Å². The van der Waals surface area contributed by atoms with Crippen LogP contribution in [0.5, 0.6) is 0 Å². The third kappa shape index (κ3) is 3.66. The van der Waals surface area contributed by atoms with E-state index in [1.165, 1.54) is 23.5 Å². The average molecular weight is 422 g/mol. The largest absolute Gasteiger partial charge is 0.357 e. The number of amides is 1. The lowest BCUT2D eigenvalue weighted by molar-refractivity contribution is 0.0936. The van der Waals surface area contributed by atoms with Gasteiger partial charge in [0.2, 0.25) is 0 Å². The van der Waals surface area contributed by atoms with Crippen molar-refractivity contribution < 1.29 is 9.18 Å². The molecule has 8 heteroatoms. The van der Waals surface area contributed by atoms with Crippen molar-refractivity contribution in [1.82, 2.24) is 19.9 Å². The fraction of sp³-hybridized carbons (Fsp3) is 0.227. The summed E-state index contributed by atoms with van der Waals surface area (Å²) in [4.78, 5) is 21.7. The maximum absolute atomic E-state index is 13.5. The van der Waals surface area contributed by atoms with Crippen LogP contribution >= 0.6 is 11.3 Å². The van der Waals surface area contributed by atoms with E-state index in [-0.39, 0.29) is 23.8 Å². The van der Waals surface area contributed by atoms with Crippen LogP contribution in [0.3, 0.4) is 0 Å². The molecule has 2 N–H and O–H groups in total. The Kier molecular flexibility index (Phi) is 4.92. The number of thiazole rings is 1. The molecule has 4 aromatic rings. The van der Waals surface area contributed by atoms with Gasteiger partial charge in [0.25, 0.3) is 5.91 Å². The first-order valence-electron chi connectivity index (χ1n) is 9.88. The lowest BCUT2D eigenvalue weighted by Gasteiger charge is -2.22. The topological polar surface area (TPSA) is 71.8 Å². The first kappa shape index (κ1) is 18.7. The van der Waals surface area contributed by atoms with Crippen molar-refractivity contribution in [3.63, 3.8) is 0 Å². The number of benzene rings is 2. The summed E-state index contributed by atoms with van der Waals surface area (Å²) in [5.74, 6) is -0.371. The Morgan fingerprint density at radius 3 is 2.90 bits per heavy atom. The highest BCUT2D eigenvalue weighted by molar-refractivity contribution is 7.22. The van der Waals surface area contributed by atoms with Gasteiger partial charge in [0.1, 0.15) is 5.82 Å². The SMILES string of the molecule is O=C(N[C@@H]1CCC[C@@H]1Nc1nc2ccc(F)cc2s1)c1ccccc1-n1ccnc1. The standard InChI is InChI=1S/C22H20FN5OS/c23-14-8-9-18-20(12-14)30-22(27-18)26-17-6-3-5-16(17)25-21(29)15-4-1-2-7-19(15)28-11-10-24-13-28/h1-2,4,7-13,16-17H,3,5-6H2,(H,25,29)(H,26,27)/t16-,17+/m1/s1. The molecule has 0 saturated heterocycles. The number of para-hydroxylation sites is 1. The van der Waals surface area contributed by atoms with Crippen LogP contribution in [0.25, 0.3) is 15.9 Å². The highest BCUT2D eigenvalue weighted by Crippen LogP contribution is 2.30. The van der Waals surface area contributed by atoms with Crippen molar-refractivity contribution in [2.45, 2.75) is 31.3 Å². The molecule has 0 aliphatic heterocycles. The zero-order valence-electron chi connectivity index (χ0n) is 16.1. The summed E-state index contributed by atoms with van der Waals surface area (Å²) in [5, 5.41) is 7.40. The Hall–Kier alpha value is -3.26. The van der Waals surface area contributed by atoms with Crippen LogP contribution in [-0.4, -0.2) is 32.5 Å². The summed E-state index contributed by atoms with van der Waals surface area (Å²) in [7, 11) is 0. The molecule has 152 valence electrons. The van der Waals surface area contributed by atoms with Gasteiger partial charge in [-0.3, -0.25) is 4.79 Å². The van der Waals surface area contributed by atoms with Crippen LogP contribution in [0.4, 0.5) is 9.52 Å². The number of nitrogens with one attached hydrogen (secondary N) is 2. The summed E-state index contributed by atoms with van der Waals surface area (Å²) in [6.07, 6.45) is 8.05. The van der Waals surface area contributed by atoms with Crippen LogP contribution < -0.4 is 10.6 Å².